The van der Waals surface area contributed by atoms with Crippen LogP contribution in [0.2, 0.25) is 0 Å². The molecule has 5 nitrogen and oxygen atoms in total. The number of piperazine rings is 1. The molecule has 0 saturated carbocycles. The number of hydrogen-bond acceptors (Lipinski definition) is 3. The first-order valence-corrected chi connectivity index (χ1v) is 11.0. The van der Waals surface area contributed by atoms with E-state index in [0.29, 0.717) is 25.1 Å². The zero-order valence-electron chi connectivity index (χ0n) is 18.3. The van der Waals surface area contributed by atoms with Gasteiger partial charge in [-0.05, 0) is 60.5 Å². The Morgan fingerprint density at radius 3 is 2.52 bits per heavy atom. The number of rotatable bonds is 4. The average Bonchev–Trinajstić information content (AvgIpc) is 3.15. The molecule has 1 amide bonds. The van der Waals surface area contributed by atoms with Gasteiger partial charge in [0.25, 0.3) is 5.91 Å². The van der Waals surface area contributed by atoms with Crippen molar-refractivity contribution in [1.82, 2.24) is 19.8 Å². The largest absolute Gasteiger partial charge is 0.336 e. The Morgan fingerprint density at radius 2 is 1.76 bits per heavy atom. The molecule has 1 aliphatic heterocycles. The Balaban J connectivity index is 1.76. The number of nitrogens with one attached hydrogen (secondary N) is 1. The number of benzene rings is 2. The van der Waals surface area contributed by atoms with Gasteiger partial charge in [-0.3, -0.25) is 9.78 Å². The summed E-state index contributed by atoms with van der Waals surface area (Å²) >= 11 is 0. The Kier molecular flexibility index (Phi) is 5.64. The van der Waals surface area contributed by atoms with E-state index >= 15 is 0 Å². The number of carbonyl (C=O) groups is 1. The van der Waals surface area contributed by atoms with Crippen molar-refractivity contribution < 1.29 is 13.6 Å². The summed E-state index contributed by atoms with van der Waals surface area (Å²) in [7, 11) is 0. The Labute approximate surface area is 190 Å². The second kappa shape index (κ2) is 8.75. The van der Waals surface area contributed by atoms with Gasteiger partial charge in [0.05, 0.1) is 11.1 Å². The highest BCUT2D eigenvalue weighted by Gasteiger charge is 2.28. The van der Waals surface area contributed by atoms with E-state index in [1.54, 1.807) is 30.6 Å². The van der Waals surface area contributed by atoms with E-state index in [9.17, 15) is 13.6 Å². The first kappa shape index (κ1) is 21.3. The maximum atomic E-state index is 14.1. The van der Waals surface area contributed by atoms with Gasteiger partial charge in [-0.2, -0.15) is 0 Å². The standard InChI is InChI=1S/C26H24F2N4O/c1-17-2-3-20(28)14-18(17)15-24-25(26(33)31-12-10-29-11-13-31)22-16-30-9-8-23(22)32(24)21-6-4-19(27)5-7-21/h2-9,14,16,29H,10-13,15H2,1H3. The van der Waals surface area contributed by atoms with E-state index < -0.39 is 0 Å². The van der Waals surface area contributed by atoms with Crippen LogP contribution in [0.1, 0.15) is 27.2 Å². The van der Waals surface area contributed by atoms with E-state index in [1.165, 1.54) is 24.3 Å². The lowest BCUT2D eigenvalue weighted by atomic mass is 10.00. The molecular weight excluding hydrogens is 422 g/mol. The number of halogens is 2. The average molecular weight is 447 g/mol. The monoisotopic (exact) mass is 446 g/mol. The normalized spacial score (nSPS) is 14.1. The number of fused-ring (bicyclic) bond motifs is 1. The van der Waals surface area contributed by atoms with Crippen LogP contribution in [0, 0.1) is 18.6 Å². The highest BCUT2D eigenvalue weighted by molar-refractivity contribution is 6.09. The molecule has 0 aliphatic carbocycles. The van der Waals surface area contributed by atoms with Crippen LogP contribution >= 0.6 is 0 Å². The minimum Gasteiger partial charge on any atom is -0.336 e. The van der Waals surface area contributed by atoms with Crippen molar-refractivity contribution in [2.45, 2.75) is 13.3 Å². The maximum absolute atomic E-state index is 14.1. The predicted molar refractivity (Wildman–Crippen MR) is 124 cm³/mol. The molecule has 3 heterocycles. The van der Waals surface area contributed by atoms with Crippen molar-refractivity contribution in [3.05, 3.63) is 94.9 Å². The fourth-order valence-electron chi connectivity index (χ4n) is 4.52. The van der Waals surface area contributed by atoms with Crippen LogP contribution in [0.5, 0.6) is 0 Å². The van der Waals surface area contributed by atoms with Crippen LogP contribution in [0.3, 0.4) is 0 Å². The lowest BCUT2D eigenvalue weighted by Gasteiger charge is -2.28. The first-order valence-electron chi connectivity index (χ1n) is 11.0. The van der Waals surface area contributed by atoms with Crippen LogP contribution in [-0.2, 0) is 6.42 Å². The van der Waals surface area contributed by atoms with Gasteiger partial charge >= 0.3 is 0 Å². The van der Waals surface area contributed by atoms with Crippen molar-refractivity contribution in [3.63, 3.8) is 0 Å². The molecule has 1 aliphatic rings. The summed E-state index contributed by atoms with van der Waals surface area (Å²) in [6.45, 7) is 4.62. The molecule has 1 saturated heterocycles. The van der Waals surface area contributed by atoms with Crippen LogP contribution in [0.25, 0.3) is 16.6 Å². The van der Waals surface area contributed by atoms with Gasteiger partial charge in [-0.25, -0.2) is 8.78 Å². The summed E-state index contributed by atoms with van der Waals surface area (Å²) in [5.41, 5.74) is 4.57. The van der Waals surface area contributed by atoms with Gasteiger partial charge in [0.15, 0.2) is 0 Å². The van der Waals surface area contributed by atoms with Crippen molar-refractivity contribution in [2.75, 3.05) is 26.2 Å². The second-order valence-electron chi connectivity index (χ2n) is 8.32. The van der Waals surface area contributed by atoms with Crippen LogP contribution in [-0.4, -0.2) is 46.5 Å². The number of nitrogens with zero attached hydrogens (tertiary/aromatic N) is 3. The van der Waals surface area contributed by atoms with Crippen molar-refractivity contribution in [2.24, 2.45) is 0 Å². The number of amides is 1. The number of hydrogen-bond donors (Lipinski definition) is 1. The van der Waals surface area contributed by atoms with Gasteiger partial charge in [-0.15, -0.1) is 0 Å². The van der Waals surface area contributed by atoms with Gasteiger partial charge < -0.3 is 14.8 Å². The van der Waals surface area contributed by atoms with Gasteiger partial charge in [-0.1, -0.05) is 6.07 Å². The summed E-state index contributed by atoms with van der Waals surface area (Å²) in [6, 6.07) is 12.7. The molecule has 2 aromatic heterocycles. The molecular formula is C26H24F2N4O. The minimum atomic E-state index is -0.337. The SMILES string of the molecule is Cc1ccc(F)cc1Cc1c(C(=O)N2CCNCC2)c2cnccc2n1-c1ccc(F)cc1. The van der Waals surface area contributed by atoms with Gasteiger partial charge in [0, 0.05) is 61.8 Å². The number of carbonyl (C=O) groups excluding carboxylic acids is 1. The van der Waals surface area contributed by atoms with E-state index in [2.05, 4.69) is 10.3 Å². The third kappa shape index (κ3) is 4.00. The van der Waals surface area contributed by atoms with Crippen LogP contribution in [0.15, 0.2) is 60.9 Å². The Morgan fingerprint density at radius 1 is 1.03 bits per heavy atom. The Bertz CT molecular complexity index is 1320. The topological polar surface area (TPSA) is 50.2 Å². The fraction of sp³-hybridized carbons (Fsp3) is 0.231. The second-order valence-corrected chi connectivity index (χ2v) is 8.32. The third-order valence-electron chi connectivity index (χ3n) is 6.24. The van der Waals surface area contributed by atoms with Gasteiger partial charge in [0.1, 0.15) is 11.6 Å². The smallest absolute Gasteiger partial charge is 0.256 e. The summed E-state index contributed by atoms with van der Waals surface area (Å²) in [5, 5.41) is 4.01. The van der Waals surface area contributed by atoms with Crippen LogP contribution < -0.4 is 5.32 Å². The predicted octanol–water partition coefficient (Wildman–Crippen LogP) is 4.25. The molecule has 2 aromatic carbocycles. The molecule has 1 fully saturated rings. The quantitative estimate of drug-likeness (QED) is 0.510. The molecule has 5 rings (SSSR count). The zero-order valence-corrected chi connectivity index (χ0v) is 18.3. The Hall–Kier alpha value is -3.58. The summed E-state index contributed by atoms with van der Waals surface area (Å²) in [5.74, 6) is -0.729. The number of pyridine rings is 1. The molecule has 0 radical (unpaired) electrons. The van der Waals surface area contributed by atoms with Gasteiger partial charge in [0.2, 0.25) is 0 Å². The summed E-state index contributed by atoms with van der Waals surface area (Å²) in [6.07, 6.45) is 3.73. The molecule has 33 heavy (non-hydrogen) atoms. The molecule has 168 valence electrons. The van der Waals surface area contributed by atoms with E-state index in [4.69, 9.17) is 0 Å². The lowest BCUT2D eigenvalue weighted by Crippen LogP contribution is -2.46. The summed E-state index contributed by atoms with van der Waals surface area (Å²) in [4.78, 5) is 19.9. The minimum absolute atomic E-state index is 0.0700. The zero-order chi connectivity index (χ0) is 22.9. The highest BCUT2D eigenvalue weighted by Crippen LogP contribution is 2.32. The molecule has 0 unspecified atom stereocenters. The van der Waals surface area contributed by atoms with Crippen molar-refractivity contribution in [1.29, 1.82) is 0 Å². The van der Waals surface area contributed by atoms with Crippen molar-refractivity contribution in [3.8, 4) is 5.69 Å². The molecule has 1 N–H and O–H groups in total. The number of aryl methyl sites for hydroxylation is 1. The molecule has 4 aromatic rings. The summed E-state index contributed by atoms with van der Waals surface area (Å²) < 4.78 is 29.8. The highest BCUT2D eigenvalue weighted by atomic mass is 19.1. The van der Waals surface area contributed by atoms with Crippen LogP contribution in [0.4, 0.5) is 8.78 Å². The van der Waals surface area contributed by atoms with E-state index in [1.807, 2.05) is 22.5 Å². The lowest BCUT2D eigenvalue weighted by molar-refractivity contribution is 0.0736. The third-order valence-corrected chi connectivity index (χ3v) is 6.24. The molecule has 7 heteroatoms. The van der Waals surface area contributed by atoms with E-state index in [0.717, 1.165) is 46.5 Å². The molecule has 0 atom stereocenters. The number of aromatic nitrogens is 2. The molecule has 0 spiro atoms. The fourth-order valence-corrected chi connectivity index (χ4v) is 4.52. The first-order chi connectivity index (χ1) is 16.0. The van der Waals surface area contributed by atoms with Crippen molar-refractivity contribution >= 4 is 16.8 Å². The van der Waals surface area contributed by atoms with E-state index in [-0.39, 0.29) is 17.5 Å². The maximum Gasteiger partial charge on any atom is 0.256 e. The molecule has 0 bridgehead atoms.